The molecule has 7 N–H and O–H groups in total. The maximum absolute atomic E-state index is 14.7. The standard InChI is InChI=1S/C51H73N5O7/c1-36(57)34-55-51(24-6-5-7-25-51)62-28-19-37-18-26-49(32-37,35-52-2)63-44-31-40-30-41(46(44)60)56-47(53-3)54-27-12-14-39-13-10-23-50(39,33-38-16-17-42(58)43(29-38)61-4)45(59)15-11-22-48(40)20-8-9-21-48/h11,15-17,29-31,36-37,39,52,55,57-58,60H,5-10,13-14,18-26,28,32-35H2,1-4H3,(H2,53,54,56)/b15-11+/t36-,37-,39-,49+,50-/m0/s1. The van der Waals surface area contributed by atoms with Crippen molar-refractivity contribution < 1.29 is 34.3 Å². The Labute approximate surface area is 375 Å². The minimum Gasteiger partial charge on any atom is -0.504 e. The third-order valence-corrected chi connectivity index (χ3v) is 15.1. The summed E-state index contributed by atoms with van der Waals surface area (Å²) in [6.07, 6.45) is 20.8. The van der Waals surface area contributed by atoms with Crippen LogP contribution in [0, 0.1) is 29.2 Å². The number of aliphatic hydroxyl groups excluding tert-OH is 1. The van der Waals surface area contributed by atoms with Crippen molar-refractivity contribution in [3.8, 4) is 35.0 Å². The van der Waals surface area contributed by atoms with Crippen LogP contribution in [0.2, 0.25) is 0 Å². The molecule has 0 saturated heterocycles. The molecule has 0 aromatic heterocycles. The summed E-state index contributed by atoms with van der Waals surface area (Å²) in [7, 11) is 5.19. The lowest BCUT2D eigenvalue weighted by atomic mass is 9.68. The Bertz CT molecular complexity index is 2010. The highest BCUT2D eigenvalue weighted by Crippen LogP contribution is 2.52. The number of phenols is 2. The third-order valence-electron chi connectivity index (χ3n) is 15.1. The molecule has 2 aromatic carbocycles. The number of likely N-dealkylation sites (N-methyl/N-ethyl adjacent to an activating group) is 1. The van der Waals surface area contributed by atoms with Gasteiger partial charge in [-0.05, 0) is 163 Å². The molecular weight excluding hydrogens is 795 g/mol. The number of rotatable bonds is 14. The van der Waals surface area contributed by atoms with Gasteiger partial charge in [0.15, 0.2) is 28.8 Å². The number of carbonyl (C=O) groups is 1. The lowest BCUT2D eigenvalue weighted by Crippen LogP contribution is -2.51. The molecule has 12 heteroatoms. The van der Waals surface area contributed by atoms with Crippen LogP contribution in [0.3, 0.4) is 0 Å². The van der Waals surface area contributed by atoms with Crippen LogP contribution < -0.4 is 30.7 Å². The minimum absolute atomic E-state index is 0.0296. The Hall–Kier alpha value is -4.28. The van der Waals surface area contributed by atoms with E-state index in [9.17, 15) is 20.1 Å². The second-order valence-electron chi connectivity index (χ2n) is 19.4. The zero-order valence-corrected chi connectivity index (χ0v) is 38.3. The zero-order chi connectivity index (χ0) is 44.5. The molecule has 344 valence electrons. The summed E-state index contributed by atoms with van der Waals surface area (Å²) in [5, 5.41) is 45.9. The van der Waals surface area contributed by atoms with Crippen LogP contribution in [0.25, 0.3) is 0 Å². The summed E-state index contributed by atoms with van der Waals surface area (Å²) in [6, 6.07) is 12.6. The van der Waals surface area contributed by atoms with E-state index in [2.05, 4.69) is 50.4 Å². The van der Waals surface area contributed by atoms with Gasteiger partial charge < -0.3 is 40.2 Å². The highest BCUT2D eigenvalue weighted by atomic mass is 16.5. The molecule has 0 amide bonds. The van der Waals surface area contributed by atoms with E-state index >= 15 is 0 Å². The summed E-state index contributed by atoms with van der Waals surface area (Å²) >= 11 is 0. The number of aliphatic hydroxyl groups is 1. The van der Waals surface area contributed by atoms with Crippen molar-refractivity contribution in [2.75, 3.05) is 46.2 Å². The number of hydrogen-bond acceptors (Lipinski definition) is 10. The molecule has 4 saturated carbocycles. The van der Waals surface area contributed by atoms with Crippen molar-refractivity contribution in [3.05, 3.63) is 53.6 Å². The fourth-order valence-corrected chi connectivity index (χ4v) is 11.7. The number of aliphatic imine (C=N–C) groups is 1. The second-order valence-corrected chi connectivity index (χ2v) is 19.4. The van der Waals surface area contributed by atoms with E-state index in [0.717, 1.165) is 107 Å². The van der Waals surface area contributed by atoms with E-state index in [-0.39, 0.29) is 34.3 Å². The van der Waals surface area contributed by atoms with E-state index in [0.29, 0.717) is 68.0 Å². The Kier molecular flexibility index (Phi) is 15.3. The number of phenolic OH excluding ortho intramolecular Hbond substituents is 2. The number of carbonyl (C=O) groups excluding carboxylic acids is 1. The Balaban J connectivity index is 1.16. The topological polar surface area (TPSA) is 166 Å². The normalized spacial score (nSPS) is 28.4. The number of ether oxygens (including phenoxy) is 3. The molecule has 0 radical (unpaired) electrons. The molecule has 0 unspecified atom stereocenters. The molecule has 63 heavy (non-hydrogen) atoms. The van der Waals surface area contributed by atoms with Crippen LogP contribution in [0.5, 0.6) is 23.0 Å². The predicted octanol–water partition coefficient (Wildman–Crippen LogP) is 7.99. The monoisotopic (exact) mass is 868 g/mol. The van der Waals surface area contributed by atoms with Gasteiger partial charge in [-0.15, -0.1) is 0 Å². The van der Waals surface area contributed by atoms with Crippen LogP contribution in [0.15, 0.2) is 47.5 Å². The first-order valence-electron chi connectivity index (χ1n) is 23.8. The number of allylic oxidation sites excluding steroid dienone is 2. The van der Waals surface area contributed by atoms with Gasteiger partial charge in [-0.25, -0.2) is 0 Å². The first-order valence-corrected chi connectivity index (χ1v) is 23.8. The van der Waals surface area contributed by atoms with Gasteiger partial charge in [0.25, 0.3) is 0 Å². The largest absolute Gasteiger partial charge is 0.504 e. The van der Waals surface area contributed by atoms with Crippen molar-refractivity contribution in [1.82, 2.24) is 16.0 Å². The lowest BCUT2D eigenvalue weighted by Gasteiger charge is -2.39. The average molecular weight is 868 g/mol. The number of fused-ring (bicyclic) bond motifs is 4. The van der Waals surface area contributed by atoms with Gasteiger partial charge in [0.1, 0.15) is 11.3 Å². The number of benzene rings is 2. The van der Waals surface area contributed by atoms with Gasteiger partial charge in [-0.2, -0.15) is 0 Å². The van der Waals surface area contributed by atoms with Crippen molar-refractivity contribution in [1.29, 1.82) is 0 Å². The number of hydrogen-bond donors (Lipinski definition) is 7. The lowest BCUT2D eigenvalue weighted by molar-refractivity contribution is -0.125. The molecule has 2 aromatic rings. The summed E-state index contributed by atoms with van der Waals surface area (Å²) in [5.41, 5.74) is 0.705. The Morgan fingerprint density at radius 3 is 2.52 bits per heavy atom. The Morgan fingerprint density at radius 1 is 0.984 bits per heavy atom. The molecule has 1 heterocycles. The SMILES string of the molecule is CN=C1NC#CC[C@@H]2CCC[C@@]2(Cc2ccc(O)c(OC)c2)C(=O)/C=C/CC2(CCCC2)c2cc(c(O)c(O[C@]3(CNC)CC[C@@H](CCOC4(NC[C@H](C)O)CCCCC4)C3)c2)N1. The van der Waals surface area contributed by atoms with Gasteiger partial charge in [0, 0.05) is 44.6 Å². The highest BCUT2D eigenvalue weighted by Gasteiger charge is 2.48. The van der Waals surface area contributed by atoms with E-state index in [4.69, 9.17) is 14.2 Å². The number of ketones is 1. The summed E-state index contributed by atoms with van der Waals surface area (Å²) in [6.45, 7) is 3.60. The van der Waals surface area contributed by atoms with Crippen molar-refractivity contribution in [3.63, 3.8) is 0 Å². The minimum atomic E-state index is -0.639. The predicted molar refractivity (Wildman–Crippen MR) is 248 cm³/mol. The number of anilines is 1. The van der Waals surface area contributed by atoms with E-state index in [1.165, 1.54) is 6.42 Å². The number of aromatic hydroxyl groups is 2. The molecule has 1 spiro atoms. The number of methoxy groups -OCH3 is 1. The summed E-state index contributed by atoms with van der Waals surface area (Å²) in [4.78, 5) is 19.2. The first kappa shape index (κ1) is 46.7. The average Bonchev–Trinajstić information content (AvgIpc) is 4.03. The van der Waals surface area contributed by atoms with E-state index in [1.807, 2.05) is 38.2 Å². The molecular formula is C51H73N5O7. The molecule has 1 aliphatic heterocycles. The van der Waals surface area contributed by atoms with Gasteiger partial charge in [-0.3, -0.25) is 20.4 Å². The fourth-order valence-electron chi connectivity index (χ4n) is 11.7. The summed E-state index contributed by atoms with van der Waals surface area (Å²) < 4.78 is 19.2. The molecule has 4 aliphatic carbocycles. The van der Waals surface area contributed by atoms with Crippen molar-refractivity contribution >= 4 is 17.4 Å². The van der Waals surface area contributed by atoms with Gasteiger partial charge in [0.05, 0.1) is 18.9 Å². The van der Waals surface area contributed by atoms with E-state index < -0.39 is 17.1 Å². The van der Waals surface area contributed by atoms with Gasteiger partial charge >= 0.3 is 0 Å². The fraction of sp³-hybridized carbons (Fsp3) is 0.647. The first-order chi connectivity index (χ1) is 30.5. The smallest absolute Gasteiger partial charge is 0.207 e. The maximum Gasteiger partial charge on any atom is 0.207 e. The van der Waals surface area contributed by atoms with Crippen LogP contribution in [-0.2, 0) is 21.4 Å². The molecule has 5 aliphatic rings. The van der Waals surface area contributed by atoms with E-state index in [1.54, 1.807) is 20.2 Å². The van der Waals surface area contributed by atoms with Crippen LogP contribution in [0.4, 0.5) is 5.69 Å². The maximum atomic E-state index is 14.7. The van der Waals surface area contributed by atoms with Crippen molar-refractivity contribution in [2.24, 2.45) is 22.2 Å². The van der Waals surface area contributed by atoms with Crippen LogP contribution in [-0.4, -0.2) is 85.4 Å². The second kappa shape index (κ2) is 20.7. The quantitative estimate of drug-likeness (QED) is 0.0559. The number of guanidine groups is 1. The summed E-state index contributed by atoms with van der Waals surface area (Å²) in [5.74, 6) is 5.23. The molecule has 12 nitrogen and oxygen atoms in total. The molecule has 7 rings (SSSR count). The highest BCUT2D eigenvalue weighted by molar-refractivity contribution is 5.97. The zero-order valence-electron chi connectivity index (χ0n) is 38.3. The van der Waals surface area contributed by atoms with Crippen LogP contribution in [0.1, 0.15) is 134 Å². The van der Waals surface area contributed by atoms with Gasteiger partial charge in [0.2, 0.25) is 5.96 Å². The van der Waals surface area contributed by atoms with Crippen molar-refractivity contribution in [2.45, 2.75) is 152 Å². The third kappa shape index (κ3) is 10.8. The number of nitrogens with zero attached hydrogens (tertiary/aromatic N) is 1. The number of nitrogens with one attached hydrogen (secondary N) is 4. The molecule has 4 fully saturated rings. The molecule has 2 bridgehead atoms. The molecule has 5 atom stereocenters. The van der Waals surface area contributed by atoms with Gasteiger partial charge in [-0.1, -0.05) is 43.7 Å². The van der Waals surface area contributed by atoms with Crippen LogP contribution >= 0.6 is 0 Å². The Morgan fingerprint density at radius 2 is 1.78 bits per heavy atom.